The number of hydrogen-bond acceptors (Lipinski definition) is 6. The molecule has 194 valence electrons. The van der Waals surface area contributed by atoms with Crippen LogP contribution in [0, 0.1) is 0 Å². The monoisotopic (exact) mass is 513 g/mol. The van der Waals surface area contributed by atoms with E-state index in [0.717, 1.165) is 17.7 Å². The highest BCUT2D eigenvalue weighted by atomic mass is 19.4. The second-order valence-corrected chi connectivity index (χ2v) is 8.65. The van der Waals surface area contributed by atoms with Crippen molar-refractivity contribution in [1.82, 2.24) is 20.2 Å². The molecule has 1 fully saturated rings. The van der Waals surface area contributed by atoms with Gasteiger partial charge in [-0.2, -0.15) is 13.2 Å². The first-order chi connectivity index (χ1) is 17.7. The Morgan fingerprint density at radius 2 is 1.62 bits per heavy atom. The molecule has 0 saturated carbocycles. The quantitative estimate of drug-likeness (QED) is 0.493. The zero-order valence-corrected chi connectivity index (χ0v) is 20.1. The van der Waals surface area contributed by atoms with Crippen molar-refractivity contribution in [3.63, 3.8) is 0 Å². The number of anilines is 1. The number of halogens is 3. The van der Waals surface area contributed by atoms with Gasteiger partial charge in [-0.25, -0.2) is 9.97 Å². The Kier molecular flexibility index (Phi) is 8.02. The van der Waals surface area contributed by atoms with Crippen LogP contribution in [0.4, 0.5) is 19.0 Å². The molecule has 0 atom stereocenters. The number of alkyl halides is 3. The van der Waals surface area contributed by atoms with E-state index in [1.807, 2.05) is 0 Å². The summed E-state index contributed by atoms with van der Waals surface area (Å²) in [5.74, 6) is -0.213. The maximum absolute atomic E-state index is 12.9. The first kappa shape index (κ1) is 26.1. The molecule has 0 bridgehead atoms. The number of methoxy groups -OCH3 is 1. The predicted octanol–water partition coefficient (Wildman–Crippen LogP) is 4.15. The smallest absolute Gasteiger partial charge is 0.416 e. The summed E-state index contributed by atoms with van der Waals surface area (Å²) in [7, 11) is 1.53. The fraction of sp³-hybridized carbons (Fsp3) is 0.308. The van der Waals surface area contributed by atoms with E-state index in [1.165, 1.54) is 31.6 Å². The van der Waals surface area contributed by atoms with Crippen LogP contribution in [0.15, 0.2) is 60.9 Å². The number of rotatable bonds is 7. The highest BCUT2D eigenvalue weighted by Crippen LogP contribution is 2.29. The molecule has 2 heterocycles. The molecule has 2 amide bonds. The van der Waals surface area contributed by atoms with Crippen molar-refractivity contribution in [2.24, 2.45) is 0 Å². The van der Waals surface area contributed by atoms with Gasteiger partial charge in [-0.3, -0.25) is 14.5 Å². The Morgan fingerprint density at radius 3 is 2.24 bits per heavy atom. The van der Waals surface area contributed by atoms with Crippen molar-refractivity contribution in [3.8, 4) is 5.75 Å². The second kappa shape index (κ2) is 11.4. The van der Waals surface area contributed by atoms with E-state index in [1.54, 1.807) is 24.3 Å². The predicted molar refractivity (Wildman–Crippen MR) is 130 cm³/mol. The average Bonchev–Trinajstić information content (AvgIpc) is 2.90. The summed E-state index contributed by atoms with van der Waals surface area (Å²) in [5, 5.41) is 5.59. The van der Waals surface area contributed by atoms with Crippen molar-refractivity contribution in [2.75, 3.05) is 25.5 Å². The number of carbonyl (C=O) groups excluding carboxylic acids is 2. The van der Waals surface area contributed by atoms with Gasteiger partial charge in [-0.1, -0.05) is 12.1 Å². The molecule has 4 rings (SSSR count). The van der Waals surface area contributed by atoms with Crippen molar-refractivity contribution in [1.29, 1.82) is 0 Å². The van der Waals surface area contributed by atoms with Crippen molar-refractivity contribution >= 4 is 17.6 Å². The van der Waals surface area contributed by atoms with Crippen molar-refractivity contribution < 1.29 is 27.5 Å². The SMILES string of the molecule is COc1ccc(C(=O)Nc2nccnc2C(=O)NC2CCN(Cc3ccc(C(F)(F)F)cc3)CC2)cc1. The van der Waals surface area contributed by atoms with Crippen LogP contribution in [0.25, 0.3) is 0 Å². The van der Waals surface area contributed by atoms with E-state index in [4.69, 9.17) is 4.74 Å². The molecule has 0 aliphatic carbocycles. The lowest BCUT2D eigenvalue weighted by atomic mass is 10.0. The number of ether oxygens (including phenoxy) is 1. The number of piperidine rings is 1. The number of likely N-dealkylation sites (tertiary alicyclic amines) is 1. The average molecular weight is 514 g/mol. The molecule has 1 saturated heterocycles. The Hall–Kier alpha value is -3.99. The van der Waals surface area contributed by atoms with Gasteiger partial charge in [0.1, 0.15) is 5.75 Å². The fourth-order valence-electron chi connectivity index (χ4n) is 4.06. The van der Waals surface area contributed by atoms with E-state index in [0.29, 0.717) is 43.8 Å². The minimum Gasteiger partial charge on any atom is -0.497 e. The van der Waals surface area contributed by atoms with E-state index in [9.17, 15) is 22.8 Å². The lowest BCUT2D eigenvalue weighted by Crippen LogP contribution is -2.44. The maximum atomic E-state index is 12.9. The highest BCUT2D eigenvalue weighted by molar-refractivity contribution is 6.07. The number of aromatic nitrogens is 2. The summed E-state index contributed by atoms with van der Waals surface area (Å²) in [6.07, 6.45) is -0.248. The molecule has 0 spiro atoms. The topological polar surface area (TPSA) is 96.5 Å². The van der Waals surface area contributed by atoms with Gasteiger partial charge in [0, 0.05) is 43.6 Å². The van der Waals surface area contributed by atoms with Gasteiger partial charge in [0.15, 0.2) is 11.5 Å². The van der Waals surface area contributed by atoms with Gasteiger partial charge in [0.05, 0.1) is 12.7 Å². The van der Waals surface area contributed by atoms with E-state index >= 15 is 0 Å². The molecular weight excluding hydrogens is 487 g/mol. The summed E-state index contributed by atoms with van der Waals surface area (Å²) in [4.78, 5) is 35.9. The highest BCUT2D eigenvalue weighted by Gasteiger charge is 2.30. The van der Waals surface area contributed by atoms with Crippen LogP contribution in [-0.2, 0) is 12.7 Å². The molecule has 0 radical (unpaired) electrons. The first-order valence-electron chi connectivity index (χ1n) is 11.7. The summed E-state index contributed by atoms with van der Waals surface area (Å²) in [6.45, 7) is 1.88. The third-order valence-electron chi connectivity index (χ3n) is 6.11. The number of carbonyl (C=O) groups is 2. The number of nitrogens with one attached hydrogen (secondary N) is 2. The molecule has 37 heavy (non-hydrogen) atoms. The van der Waals surface area contributed by atoms with Crippen LogP contribution in [0.3, 0.4) is 0 Å². The maximum Gasteiger partial charge on any atom is 0.416 e. The van der Waals surface area contributed by atoms with E-state index in [-0.39, 0.29) is 17.6 Å². The molecule has 0 unspecified atom stereocenters. The Labute approximate surface area is 211 Å². The molecule has 2 N–H and O–H groups in total. The molecule has 1 aliphatic heterocycles. The summed E-state index contributed by atoms with van der Waals surface area (Å²) >= 11 is 0. The lowest BCUT2D eigenvalue weighted by molar-refractivity contribution is -0.137. The van der Waals surface area contributed by atoms with Crippen LogP contribution in [-0.4, -0.2) is 52.9 Å². The first-order valence-corrected chi connectivity index (χ1v) is 11.7. The summed E-state index contributed by atoms with van der Waals surface area (Å²) in [5.41, 5.74) is 0.517. The number of hydrogen-bond donors (Lipinski definition) is 2. The minimum atomic E-state index is -4.35. The van der Waals surface area contributed by atoms with Crippen molar-refractivity contribution in [2.45, 2.75) is 31.6 Å². The van der Waals surface area contributed by atoms with Crippen LogP contribution >= 0.6 is 0 Å². The summed E-state index contributed by atoms with van der Waals surface area (Å²) < 4.78 is 43.4. The minimum absolute atomic E-state index is 0.0107. The van der Waals surface area contributed by atoms with Gasteiger partial charge >= 0.3 is 6.18 Å². The van der Waals surface area contributed by atoms with Gasteiger partial charge in [-0.15, -0.1) is 0 Å². The summed E-state index contributed by atoms with van der Waals surface area (Å²) in [6, 6.07) is 11.6. The molecule has 2 aromatic carbocycles. The Bertz CT molecular complexity index is 1230. The van der Waals surface area contributed by atoms with Crippen LogP contribution in [0.1, 0.15) is 44.8 Å². The molecule has 1 aromatic heterocycles. The van der Waals surface area contributed by atoms with Crippen LogP contribution in [0.2, 0.25) is 0 Å². The molecule has 1 aliphatic rings. The third-order valence-corrected chi connectivity index (χ3v) is 6.11. The largest absolute Gasteiger partial charge is 0.497 e. The fourth-order valence-corrected chi connectivity index (χ4v) is 4.06. The standard InChI is InChI=1S/C26H26F3N5O3/c1-37-21-8-4-18(5-9-21)24(35)33-23-22(30-12-13-31-23)25(36)32-20-10-14-34(15-11-20)16-17-2-6-19(7-3-17)26(27,28)29/h2-9,12-13,20H,10-11,14-16H2,1H3,(H,32,36)(H,31,33,35). The molecular formula is C26H26F3N5O3. The van der Waals surface area contributed by atoms with Gasteiger partial charge in [-0.05, 0) is 54.8 Å². The van der Waals surface area contributed by atoms with Gasteiger partial charge < -0.3 is 15.4 Å². The second-order valence-electron chi connectivity index (χ2n) is 8.65. The lowest BCUT2D eigenvalue weighted by Gasteiger charge is -2.32. The zero-order valence-electron chi connectivity index (χ0n) is 20.1. The van der Waals surface area contributed by atoms with Crippen LogP contribution in [0.5, 0.6) is 5.75 Å². The third kappa shape index (κ3) is 6.82. The Balaban J connectivity index is 1.31. The molecule has 8 nitrogen and oxygen atoms in total. The van der Waals surface area contributed by atoms with E-state index in [2.05, 4.69) is 25.5 Å². The molecule has 3 aromatic rings. The van der Waals surface area contributed by atoms with Crippen molar-refractivity contribution in [3.05, 3.63) is 83.3 Å². The van der Waals surface area contributed by atoms with Gasteiger partial charge in [0.25, 0.3) is 11.8 Å². The zero-order chi connectivity index (χ0) is 26.4. The van der Waals surface area contributed by atoms with E-state index < -0.39 is 23.6 Å². The number of benzene rings is 2. The number of nitrogens with zero attached hydrogens (tertiary/aromatic N) is 3. The number of amides is 2. The Morgan fingerprint density at radius 1 is 0.973 bits per heavy atom. The van der Waals surface area contributed by atoms with Crippen LogP contribution < -0.4 is 15.4 Å². The normalized spacial score (nSPS) is 14.7. The molecule has 11 heteroatoms. The van der Waals surface area contributed by atoms with Gasteiger partial charge in [0.2, 0.25) is 0 Å².